The van der Waals surface area contributed by atoms with Crippen LogP contribution in [0.2, 0.25) is 0 Å². The van der Waals surface area contributed by atoms with Crippen LogP contribution < -0.4 is 9.47 Å². The van der Waals surface area contributed by atoms with Gasteiger partial charge in [0, 0.05) is 37.5 Å². The van der Waals surface area contributed by atoms with E-state index in [4.69, 9.17) is 9.47 Å². The number of ether oxygens (including phenoxy) is 2. The van der Waals surface area contributed by atoms with Crippen LogP contribution in [0.4, 0.5) is 0 Å². The number of hydrogen-bond acceptors (Lipinski definition) is 4. The zero-order valence-electron chi connectivity index (χ0n) is 16.0. The smallest absolute Gasteiger partial charge is 0.257 e. The highest BCUT2D eigenvalue weighted by atomic mass is 16.5. The molecule has 0 N–H and O–H groups in total. The van der Waals surface area contributed by atoms with Gasteiger partial charge in [0.2, 0.25) is 0 Å². The molecule has 0 radical (unpaired) electrons. The van der Waals surface area contributed by atoms with Crippen LogP contribution in [0.15, 0.2) is 60.8 Å². The van der Waals surface area contributed by atoms with Gasteiger partial charge < -0.3 is 14.4 Å². The van der Waals surface area contributed by atoms with Gasteiger partial charge in [-0.25, -0.2) is 0 Å². The molecule has 0 atom stereocenters. The Balaban J connectivity index is 1.41. The number of likely N-dealkylation sites (tertiary alicyclic amines) is 1. The van der Waals surface area contributed by atoms with Gasteiger partial charge in [0.15, 0.2) is 0 Å². The van der Waals surface area contributed by atoms with E-state index in [0.717, 1.165) is 29.5 Å². The summed E-state index contributed by atoms with van der Waals surface area (Å²) in [4.78, 5) is 19.3. The summed E-state index contributed by atoms with van der Waals surface area (Å²) in [6, 6.07) is 17.4. The summed E-state index contributed by atoms with van der Waals surface area (Å²) in [6.07, 6.45) is 3.46. The van der Waals surface area contributed by atoms with Crippen molar-refractivity contribution in [2.45, 2.75) is 25.9 Å². The highest BCUT2D eigenvalue weighted by Crippen LogP contribution is 2.27. The van der Waals surface area contributed by atoms with Crippen molar-refractivity contribution in [3.05, 3.63) is 66.4 Å². The van der Waals surface area contributed by atoms with E-state index in [1.807, 2.05) is 66.4 Å². The number of rotatable bonds is 5. The minimum atomic E-state index is 0.0225. The van der Waals surface area contributed by atoms with Gasteiger partial charge in [0.05, 0.1) is 12.2 Å². The number of amides is 1. The summed E-state index contributed by atoms with van der Waals surface area (Å²) >= 11 is 0. The van der Waals surface area contributed by atoms with Crippen LogP contribution in [-0.2, 0) is 0 Å². The maximum Gasteiger partial charge on any atom is 0.257 e. The Morgan fingerprint density at radius 2 is 1.79 bits per heavy atom. The van der Waals surface area contributed by atoms with Crippen LogP contribution in [0.25, 0.3) is 10.9 Å². The van der Waals surface area contributed by atoms with E-state index in [1.54, 1.807) is 6.20 Å². The molecule has 0 unspecified atom stereocenters. The van der Waals surface area contributed by atoms with E-state index >= 15 is 0 Å². The third kappa shape index (κ3) is 3.79. The molecule has 1 aliphatic heterocycles. The van der Waals surface area contributed by atoms with Gasteiger partial charge in [-0.2, -0.15) is 0 Å². The number of hydrogen-bond donors (Lipinski definition) is 0. The Hall–Kier alpha value is -3.08. The minimum absolute atomic E-state index is 0.0225. The molecule has 4 rings (SSSR count). The zero-order valence-corrected chi connectivity index (χ0v) is 16.0. The molecular formula is C23H24N2O3. The lowest BCUT2D eigenvalue weighted by atomic mass is 10.1. The van der Waals surface area contributed by atoms with Gasteiger partial charge in [-0.15, -0.1) is 0 Å². The molecule has 2 aromatic carbocycles. The molecule has 144 valence electrons. The van der Waals surface area contributed by atoms with Crippen LogP contribution in [-0.4, -0.2) is 41.6 Å². The topological polar surface area (TPSA) is 51.7 Å². The number of carbonyl (C=O) groups is 1. The lowest BCUT2D eigenvalue weighted by Crippen LogP contribution is -2.41. The second kappa shape index (κ2) is 8.30. The first-order chi connectivity index (χ1) is 13.8. The average molecular weight is 376 g/mol. The minimum Gasteiger partial charge on any atom is -0.493 e. The first-order valence-corrected chi connectivity index (χ1v) is 9.77. The Morgan fingerprint density at radius 3 is 2.61 bits per heavy atom. The normalized spacial score (nSPS) is 14.8. The third-order valence-electron chi connectivity index (χ3n) is 5.04. The standard InChI is InChI=1S/C23H24N2O3/c1-2-27-20-10-4-3-9-19(20)23(26)25-15-12-18(13-16-25)28-21-11-5-7-17-8-6-14-24-22(17)21/h3-11,14,18H,2,12-13,15-16H2,1H3. The average Bonchev–Trinajstić information content (AvgIpc) is 2.75. The number of benzene rings is 2. The highest BCUT2D eigenvalue weighted by Gasteiger charge is 2.26. The van der Waals surface area contributed by atoms with Gasteiger partial charge >= 0.3 is 0 Å². The molecular weight excluding hydrogens is 352 g/mol. The Labute approximate surface area is 164 Å². The fourth-order valence-corrected chi connectivity index (χ4v) is 3.62. The van der Waals surface area contributed by atoms with E-state index in [2.05, 4.69) is 4.98 Å². The molecule has 0 aliphatic carbocycles. The van der Waals surface area contributed by atoms with Crippen LogP contribution >= 0.6 is 0 Å². The number of para-hydroxylation sites is 2. The number of aromatic nitrogens is 1. The largest absolute Gasteiger partial charge is 0.493 e. The van der Waals surface area contributed by atoms with Crippen molar-refractivity contribution < 1.29 is 14.3 Å². The molecule has 5 heteroatoms. The van der Waals surface area contributed by atoms with Gasteiger partial charge in [-0.05, 0) is 31.2 Å². The number of nitrogens with zero attached hydrogens (tertiary/aromatic N) is 2. The van der Waals surface area contributed by atoms with Crippen molar-refractivity contribution in [2.24, 2.45) is 0 Å². The summed E-state index contributed by atoms with van der Waals surface area (Å²) < 4.78 is 11.9. The fraction of sp³-hybridized carbons (Fsp3) is 0.304. The molecule has 0 bridgehead atoms. The van der Waals surface area contributed by atoms with Crippen LogP contribution in [0.3, 0.4) is 0 Å². The first kappa shape index (κ1) is 18.3. The van der Waals surface area contributed by atoms with E-state index in [0.29, 0.717) is 31.0 Å². The van der Waals surface area contributed by atoms with Crippen molar-refractivity contribution in [3.63, 3.8) is 0 Å². The molecule has 1 saturated heterocycles. The molecule has 1 aromatic heterocycles. The van der Waals surface area contributed by atoms with Crippen LogP contribution in [0.5, 0.6) is 11.5 Å². The van der Waals surface area contributed by atoms with Crippen LogP contribution in [0, 0.1) is 0 Å². The highest BCUT2D eigenvalue weighted by molar-refractivity contribution is 5.97. The summed E-state index contributed by atoms with van der Waals surface area (Å²) in [5, 5.41) is 1.07. The third-order valence-corrected chi connectivity index (χ3v) is 5.04. The lowest BCUT2D eigenvalue weighted by molar-refractivity contribution is 0.0594. The zero-order chi connectivity index (χ0) is 19.3. The second-order valence-electron chi connectivity index (χ2n) is 6.87. The van der Waals surface area contributed by atoms with Gasteiger partial charge in [-0.1, -0.05) is 30.3 Å². The molecule has 1 amide bonds. The van der Waals surface area contributed by atoms with E-state index in [-0.39, 0.29) is 12.0 Å². The summed E-state index contributed by atoms with van der Waals surface area (Å²) in [6.45, 7) is 3.80. The quantitative estimate of drug-likeness (QED) is 0.666. The second-order valence-corrected chi connectivity index (χ2v) is 6.87. The number of fused-ring (bicyclic) bond motifs is 1. The predicted molar refractivity (Wildman–Crippen MR) is 109 cm³/mol. The molecule has 1 aliphatic rings. The number of piperidine rings is 1. The predicted octanol–water partition coefficient (Wildman–Crippen LogP) is 4.32. The molecule has 0 spiro atoms. The number of carbonyl (C=O) groups excluding carboxylic acids is 1. The molecule has 0 saturated carbocycles. The maximum absolute atomic E-state index is 12.9. The molecule has 28 heavy (non-hydrogen) atoms. The van der Waals surface area contributed by atoms with Gasteiger partial charge in [0.1, 0.15) is 23.1 Å². The molecule has 2 heterocycles. The summed E-state index contributed by atoms with van der Waals surface area (Å²) in [5.74, 6) is 1.48. The van der Waals surface area contributed by atoms with Crippen molar-refractivity contribution in [1.29, 1.82) is 0 Å². The number of pyridine rings is 1. The van der Waals surface area contributed by atoms with Crippen molar-refractivity contribution >= 4 is 16.8 Å². The lowest BCUT2D eigenvalue weighted by Gasteiger charge is -2.32. The van der Waals surface area contributed by atoms with E-state index in [1.165, 1.54) is 0 Å². The molecule has 5 nitrogen and oxygen atoms in total. The van der Waals surface area contributed by atoms with Crippen molar-refractivity contribution in [3.8, 4) is 11.5 Å². The van der Waals surface area contributed by atoms with Crippen molar-refractivity contribution in [2.75, 3.05) is 19.7 Å². The monoisotopic (exact) mass is 376 g/mol. The maximum atomic E-state index is 12.9. The van der Waals surface area contributed by atoms with Gasteiger partial charge in [0.25, 0.3) is 5.91 Å². The summed E-state index contributed by atoms with van der Waals surface area (Å²) in [5.41, 5.74) is 1.51. The fourth-order valence-electron chi connectivity index (χ4n) is 3.62. The van der Waals surface area contributed by atoms with E-state index in [9.17, 15) is 4.79 Å². The Morgan fingerprint density at radius 1 is 1.04 bits per heavy atom. The van der Waals surface area contributed by atoms with E-state index < -0.39 is 0 Å². The van der Waals surface area contributed by atoms with Crippen molar-refractivity contribution in [1.82, 2.24) is 9.88 Å². The Kier molecular flexibility index (Phi) is 5.42. The molecule has 3 aromatic rings. The first-order valence-electron chi connectivity index (χ1n) is 9.77. The Bertz CT molecular complexity index is 959. The SMILES string of the molecule is CCOc1ccccc1C(=O)N1CCC(Oc2cccc3cccnc23)CC1. The van der Waals surface area contributed by atoms with Gasteiger partial charge in [-0.3, -0.25) is 9.78 Å². The summed E-state index contributed by atoms with van der Waals surface area (Å²) in [7, 11) is 0. The van der Waals surface area contributed by atoms with Crippen LogP contribution in [0.1, 0.15) is 30.1 Å². The molecule has 1 fully saturated rings.